The Morgan fingerprint density at radius 3 is 2.77 bits per heavy atom. The minimum atomic E-state index is -0.461. The maximum atomic E-state index is 13.1. The SMILES string of the molecule is COC(=O)C1CN(C(=O)c2cccc(-n3ccnc3)c2)c2ccccc21. The van der Waals surface area contributed by atoms with Crippen molar-refractivity contribution in [2.45, 2.75) is 5.92 Å². The van der Waals surface area contributed by atoms with Gasteiger partial charge in [0, 0.05) is 35.9 Å². The predicted molar refractivity (Wildman–Crippen MR) is 96.4 cm³/mol. The molecule has 0 bridgehead atoms. The number of carbonyl (C=O) groups excluding carboxylic acids is 2. The zero-order valence-corrected chi connectivity index (χ0v) is 14.2. The van der Waals surface area contributed by atoms with Crippen molar-refractivity contribution in [3.8, 4) is 5.69 Å². The molecule has 0 spiro atoms. The summed E-state index contributed by atoms with van der Waals surface area (Å²) < 4.78 is 6.74. The third-order valence-electron chi connectivity index (χ3n) is 4.59. The number of ether oxygens (including phenoxy) is 1. The van der Waals surface area contributed by atoms with Gasteiger partial charge in [0.1, 0.15) is 5.92 Å². The molecular formula is C20H17N3O3. The topological polar surface area (TPSA) is 64.4 Å². The Morgan fingerprint density at radius 2 is 2.00 bits per heavy atom. The third-order valence-corrected chi connectivity index (χ3v) is 4.59. The van der Waals surface area contributed by atoms with Crippen LogP contribution in [0.5, 0.6) is 0 Å². The lowest BCUT2D eigenvalue weighted by Gasteiger charge is -2.18. The van der Waals surface area contributed by atoms with Crippen LogP contribution in [0.2, 0.25) is 0 Å². The number of carbonyl (C=O) groups is 2. The standard InChI is InChI=1S/C20H17N3O3/c1-26-20(25)17-12-23(18-8-3-2-7-16(17)18)19(24)14-5-4-6-15(11-14)22-10-9-21-13-22/h2-11,13,17H,12H2,1H3. The Hall–Kier alpha value is -3.41. The van der Waals surface area contributed by atoms with Gasteiger partial charge in [-0.3, -0.25) is 9.59 Å². The fourth-order valence-electron chi connectivity index (χ4n) is 3.31. The number of esters is 1. The number of anilines is 1. The molecule has 1 unspecified atom stereocenters. The van der Waals surface area contributed by atoms with Crippen molar-refractivity contribution >= 4 is 17.6 Å². The van der Waals surface area contributed by atoms with Crippen molar-refractivity contribution in [3.63, 3.8) is 0 Å². The quantitative estimate of drug-likeness (QED) is 0.684. The summed E-state index contributed by atoms with van der Waals surface area (Å²) in [5.74, 6) is -0.942. The van der Waals surface area contributed by atoms with Crippen molar-refractivity contribution in [2.24, 2.45) is 0 Å². The van der Waals surface area contributed by atoms with Crippen LogP contribution in [-0.4, -0.2) is 35.1 Å². The van der Waals surface area contributed by atoms with Gasteiger partial charge < -0.3 is 14.2 Å². The zero-order chi connectivity index (χ0) is 18.1. The van der Waals surface area contributed by atoms with E-state index in [2.05, 4.69) is 4.98 Å². The number of imidazole rings is 1. The molecule has 0 fully saturated rings. The Bertz CT molecular complexity index is 966. The fourth-order valence-corrected chi connectivity index (χ4v) is 3.31. The minimum Gasteiger partial charge on any atom is -0.468 e. The molecule has 6 nitrogen and oxygen atoms in total. The molecule has 4 rings (SSSR count). The van der Waals surface area contributed by atoms with Crippen molar-refractivity contribution < 1.29 is 14.3 Å². The summed E-state index contributed by atoms with van der Waals surface area (Å²) in [6.45, 7) is 0.278. The number of amides is 1. The summed E-state index contributed by atoms with van der Waals surface area (Å²) in [5.41, 5.74) is 2.97. The number of hydrogen-bond donors (Lipinski definition) is 0. The predicted octanol–water partition coefficient (Wildman–Crippen LogP) is 2.79. The van der Waals surface area contributed by atoms with Gasteiger partial charge in [0.15, 0.2) is 0 Å². The first kappa shape index (κ1) is 16.1. The van der Waals surface area contributed by atoms with Gasteiger partial charge in [-0.25, -0.2) is 4.98 Å². The molecule has 3 aromatic rings. The van der Waals surface area contributed by atoms with Crippen molar-refractivity contribution in [1.29, 1.82) is 0 Å². The fraction of sp³-hybridized carbons (Fsp3) is 0.150. The molecule has 2 heterocycles. The Balaban J connectivity index is 1.69. The zero-order valence-electron chi connectivity index (χ0n) is 14.2. The van der Waals surface area contributed by atoms with Gasteiger partial charge in [-0.05, 0) is 29.8 Å². The summed E-state index contributed by atoms with van der Waals surface area (Å²) in [6.07, 6.45) is 5.19. The van der Waals surface area contributed by atoms with Crippen LogP contribution in [0.25, 0.3) is 5.69 Å². The van der Waals surface area contributed by atoms with E-state index in [4.69, 9.17) is 4.74 Å². The lowest BCUT2D eigenvalue weighted by molar-refractivity contribution is -0.141. The average molecular weight is 347 g/mol. The van der Waals surface area contributed by atoms with Crippen molar-refractivity contribution in [1.82, 2.24) is 9.55 Å². The Morgan fingerprint density at radius 1 is 1.15 bits per heavy atom. The van der Waals surface area contributed by atoms with E-state index in [1.165, 1.54) is 7.11 Å². The van der Waals surface area contributed by atoms with Crippen LogP contribution in [0.3, 0.4) is 0 Å². The Labute approximate surface area is 150 Å². The molecule has 6 heteroatoms. The van der Waals surface area contributed by atoms with Crippen LogP contribution < -0.4 is 4.90 Å². The second-order valence-electron chi connectivity index (χ2n) is 6.07. The van der Waals surface area contributed by atoms with Gasteiger partial charge in [0.25, 0.3) is 5.91 Å². The maximum Gasteiger partial charge on any atom is 0.315 e. The molecule has 1 aromatic heterocycles. The second kappa shape index (κ2) is 6.48. The molecule has 0 N–H and O–H groups in total. The number of benzene rings is 2. The van der Waals surface area contributed by atoms with Crippen LogP contribution in [0, 0.1) is 0 Å². The van der Waals surface area contributed by atoms with Crippen LogP contribution in [0.15, 0.2) is 67.3 Å². The maximum absolute atomic E-state index is 13.1. The largest absolute Gasteiger partial charge is 0.468 e. The Kier molecular flexibility index (Phi) is 4.01. The lowest BCUT2D eigenvalue weighted by Crippen LogP contribution is -2.31. The number of aromatic nitrogens is 2. The van der Waals surface area contributed by atoms with Crippen LogP contribution in [0.1, 0.15) is 21.8 Å². The highest BCUT2D eigenvalue weighted by atomic mass is 16.5. The molecule has 1 aliphatic heterocycles. The van der Waals surface area contributed by atoms with Gasteiger partial charge in [0.05, 0.1) is 13.4 Å². The van der Waals surface area contributed by atoms with E-state index in [-0.39, 0.29) is 18.4 Å². The summed E-state index contributed by atoms with van der Waals surface area (Å²) in [4.78, 5) is 30.9. The van der Waals surface area contributed by atoms with Gasteiger partial charge in [0.2, 0.25) is 0 Å². The van der Waals surface area contributed by atoms with Gasteiger partial charge in [-0.2, -0.15) is 0 Å². The smallest absolute Gasteiger partial charge is 0.315 e. The van der Waals surface area contributed by atoms with Crippen molar-refractivity contribution in [3.05, 3.63) is 78.4 Å². The lowest BCUT2D eigenvalue weighted by atomic mass is 10.0. The first-order valence-electron chi connectivity index (χ1n) is 8.26. The highest BCUT2D eigenvalue weighted by Crippen LogP contribution is 2.37. The van der Waals surface area contributed by atoms with E-state index in [1.54, 1.807) is 23.5 Å². The molecule has 0 saturated heterocycles. The van der Waals surface area contributed by atoms with E-state index in [0.29, 0.717) is 5.56 Å². The number of methoxy groups -OCH3 is 1. The summed E-state index contributed by atoms with van der Waals surface area (Å²) in [5, 5.41) is 0. The van der Waals surface area contributed by atoms with Gasteiger partial charge in [-0.1, -0.05) is 24.3 Å². The van der Waals surface area contributed by atoms with E-state index < -0.39 is 5.92 Å². The minimum absolute atomic E-state index is 0.147. The highest BCUT2D eigenvalue weighted by molar-refractivity contribution is 6.09. The molecule has 26 heavy (non-hydrogen) atoms. The third kappa shape index (κ3) is 2.65. The molecular weight excluding hydrogens is 330 g/mol. The summed E-state index contributed by atoms with van der Waals surface area (Å²) >= 11 is 0. The number of rotatable bonds is 3. The van der Waals surface area contributed by atoms with Crippen LogP contribution >= 0.6 is 0 Å². The van der Waals surface area contributed by atoms with Gasteiger partial charge >= 0.3 is 5.97 Å². The normalized spacial score (nSPS) is 15.6. The second-order valence-corrected chi connectivity index (χ2v) is 6.07. The van der Waals surface area contributed by atoms with E-state index >= 15 is 0 Å². The molecule has 2 aromatic carbocycles. The highest BCUT2D eigenvalue weighted by Gasteiger charge is 2.37. The molecule has 0 saturated carbocycles. The van der Waals surface area contributed by atoms with E-state index in [9.17, 15) is 9.59 Å². The number of hydrogen-bond acceptors (Lipinski definition) is 4. The van der Waals surface area contributed by atoms with Gasteiger partial charge in [-0.15, -0.1) is 0 Å². The molecule has 0 aliphatic carbocycles. The van der Waals surface area contributed by atoms with Crippen molar-refractivity contribution in [2.75, 3.05) is 18.6 Å². The van der Waals surface area contributed by atoms with Crippen LogP contribution in [-0.2, 0) is 9.53 Å². The average Bonchev–Trinajstić information content (AvgIpc) is 3.35. The number of nitrogens with zero attached hydrogens (tertiary/aromatic N) is 3. The monoisotopic (exact) mass is 347 g/mol. The number of fused-ring (bicyclic) bond motifs is 1. The van der Waals surface area contributed by atoms with Crippen LogP contribution in [0.4, 0.5) is 5.69 Å². The molecule has 1 aliphatic rings. The summed E-state index contributed by atoms with van der Waals surface area (Å²) in [6, 6.07) is 14.8. The molecule has 0 radical (unpaired) electrons. The van der Waals surface area contributed by atoms with E-state index in [0.717, 1.165) is 16.9 Å². The molecule has 1 amide bonds. The molecule has 130 valence electrons. The summed E-state index contributed by atoms with van der Waals surface area (Å²) in [7, 11) is 1.37. The first-order chi connectivity index (χ1) is 12.7. The molecule has 1 atom stereocenters. The first-order valence-corrected chi connectivity index (χ1v) is 8.26. The number of para-hydroxylation sites is 1. The van der Waals surface area contributed by atoms with E-state index in [1.807, 2.05) is 53.2 Å².